The lowest BCUT2D eigenvalue weighted by Crippen LogP contribution is -2.34. The number of nitrogens with two attached hydrogens (primary N) is 1. The van der Waals surface area contributed by atoms with E-state index in [2.05, 4.69) is 5.32 Å². The Kier molecular flexibility index (Phi) is 7.66. The zero-order chi connectivity index (χ0) is 12.7. The standard InChI is InChI=1S/C11H17N3O3.ClH/c1-3-16-8-5-6-10(17-4-2)9(7-8)13-11(15)14-12;/h5-7H,3-4,12H2,1-2H3,(H2,13,14,15);1H. The Balaban J connectivity index is 0.00000289. The fourth-order valence-corrected chi connectivity index (χ4v) is 1.30. The SMILES string of the molecule is CCOc1ccc(OCC)c(NC(=O)NN)c1.Cl. The Bertz CT molecular complexity index is 388. The highest BCUT2D eigenvalue weighted by atomic mass is 35.5. The summed E-state index contributed by atoms with van der Waals surface area (Å²) in [6.45, 7) is 4.81. The van der Waals surface area contributed by atoms with Crippen LogP contribution in [0.5, 0.6) is 11.5 Å². The van der Waals surface area contributed by atoms with Gasteiger partial charge in [-0.2, -0.15) is 0 Å². The van der Waals surface area contributed by atoms with Crippen LogP contribution >= 0.6 is 12.4 Å². The minimum atomic E-state index is -0.514. The molecular weight excluding hydrogens is 258 g/mol. The molecule has 1 rings (SSSR count). The monoisotopic (exact) mass is 275 g/mol. The topological polar surface area (TPSA) is 85.6 Å². The van der Waals surface area contributed by atoms with E-state index in [1.165, 1.54) is 0 Å². The van der Waals surface area contributed by atoms with Crippen LogP contribution in [0.25, 0.3) is 0 Å². The summed E-state index contributed by atoms with van der Waals surface area (Å²) in [5, 5.41) is 2.56. The molecule has 6 nitrogen and oxygen atoms in total. The minimum absolute atomic E-state index is 0. The number of nitrogens with one attached hydrogen (secondary N) is 2. The van der Waals surface area contributed by atoms with Gasteiger partial charge in [0.2, 0.25) is 0 Å². The van der Waals surface area contributed by atoms with Crippen molar-refractivity contribution in [1.29, 1.82) is 0 Å². The number of carbonyl (C=O) groups is 1. The molecule has 0 aliphatic carbocycles. The largest absolute Gasteiger partial charge is 0.494 e. The lowest BCUT2D eigenvalue weighted by atomic mass is 10.2. The van der Waals surface area contributed by atoms with Gasteiger partial charge in [-0.05, 0) is 26.0 Å². The third-order valence-corrected chi connectivity index (χ3v) is 1.94. The molecule has 0 atom stereocenters. The summed E-state index contributed by atoms with van der Waals surface area (Å²) in [5.74, 6) is 6.23. The van der Waals surface area contributed by atoms with Crippen molar-refractivity contribution in [2.45, 2.75) is 13.8 Å². The van der Waals surface area contributed by atoms with Crippen molar-refractivity contribution in [1.82, 2.24) is 5.43 Å². The number of hydrogen-bond acceptors (Lipinski definition) is 4. The quantitative estimate of drug-likeness (QED) is 0.435. The molecule has 0 unspecified atom stereocenters. The van der Waals surface area contributed by atoms with E-state index < -0.39 is 6.03 Å². The van der Waals surface area contributed by atoms with E-state index in [9.17, 15) is 4.79 Å². The molecular formula is C11H18ClN3O3. The van der Waals surface area contributed by atoms with E-state index in [-0.39, 0.29) is 12.4 Å². The predicted molar refractivity (Wildman–Crippen MR) is 72.4 cm³/mol. The molecule has 7 heteroatoms. The summed E-state index contributed by atoms with van der Waals surface area (Å²) >= 11 is 0. The maximum absolute atomic E-state index is 11.2. The fraction of sp³-hybridized carbons (Fsp3) is 0.364. The fourth-order valence-electron chi connectivity index (χ4n) is 1.30. The smallest absolute Gasteiger partial charge is 0.333 e. The van der Waals surface area contributed by atoms with Gasteiger partial charge in [-0.25, -0.2) is 10.6 Å². The number of carbonyl (C=O) groups excluding carboxylic acids is 1. The number of ether oxygens (including phenoxy) is 2. The summed E-state index contributed by atoms with van der Waals surface area (Å²) < 4.78 is 10.7. The summed E-state index contributed by atoms with van der Waals surface area (Å²) in [7, 11) is 0. The lowest BCUT2D eigenvalue weighted by Gasteiger charge is -2.13. The number of benzene rings is 1. The van der Waals surface area contributed by atoms with Crippen molar-refractivity contribution in [3.63, 3.8) is 0 Å². The Morgan fingerprint density at radius 1 is 1.28 bits per heavy atom. The van der Waals surface area contributed by atoms with Crippen molar-refractivity contribution in [3.8, 4) is 11.5 Å². The molecule has 0 saturated carbocycles. The van der Waals surface area contributed by atoms with Gasteiger partial charge in [0, 0.05) is 6.07 Å². The van der Waals surface area contributed by atoms with Crippen LogP contribution in [-0.2, 0) is 0 Å². The van der Waals surface area contributed by atoms with Crippen molar-refractivity contribution >= 4 is 24.1 Å². The van der Waals surface area contributed by atoms with Gasteiger partial charge in [-0.3, -0.25) is 5.43 Å². The Hall–Kier alpha value is -1.66. The van der Waals surface area contributed by atoms with Crippen molar-refractivity contribution in [2.24, 2.45) is 5.84 Å². The van der Waals surface area contributed by atoms with E-state index in [0.29, 0.717) is 30.4 Å². The van der Waals surface area contributed by atoms with Crippen molar-refractivity contribution in [2.75, 3.05) is 18.5 Å². The third-order valence-electron chi connectivity index (χ3n) is 1.94. The first kappa shape index (κ1) is 16.3. The molecule has 0 heterocycles. The molecule has 0 aliphatic rings. The molecule has 0 saturated heterocycles. The van der Waals surface area contributed by atoms with Crippen LogP contribution in [-0.4, -0.2) is 19.2 Å². The van der Waals surface area contributed by atoms with Gasteiger partial charge in [0.15, 0.2) is 0 Å². The van der Waals surface area contributed by atoms with E-state index >= 15 is 0 Å². The highest BCUT2D eigenvalue weighted by Gasteiger charge is 2.08. The predicted octanol–water partition coefficient (Wildman–Crippen LogP) is 1.90. The average molecular weight is 276 g/mol. The molecule has 0 bridgehead atoms. The van der Waals surface area contributed by atoms with Gasteiger partial charge in [-0.1, -0.05) is 0 Å². The number of rotatable bonds is 5. The molecule has 0 fully saturated rings. The second-order valence-electron chi connectivity index (χ2n) is 3.12. The van der Waals surface area contributed by atoms with Gasteiger partial charge < -0.3 is 14.8 Å². The van der Waals surface area contributed by atoms with E-state index in [1.807, 2.05) is 19.3 Å². The van der Waals surface area contributed by atoms with Gasteiger partial charge in [0.05, 0.1) is 18.9 Å². The first-order valence-electron chi connectivity index (χ1n) is 5.38. The molecule has 4 N–H and O–H groups in total. The summed E-state index contributed by atoms with van der Waals surface area (Å²) in [6, 6.07) is 4.68. The van der Waals surface area contributed by atoms with E-state index in [1.54, 1.807) is 18.2 Å². The molecule has 0 spiro atoms. The first-order chi connectivity index (χ1) is 8.21. The average Bonchev–Trinajstić information content (AvgIpc) is 2.33. The van der Waals surface area contributed by atoms with Gasteiger partial charge >= 0.3 is 6.03 Å². The van der Waals surface area contributed by atoms with Crippen LogP contribution < -0.4 is 26.1 Å². The zero-order valence-corrected chi connectivity index (χ0v) is 11.2. The van der Waals surface area contributed by atoms with Gasteiger partial charge in [-0.15, -0.1) is 12.4 Å². The molecule has 2 amide bonds. The van der Waals surface area contributed by atoms with Gasteiger partial charge in [0.25, 0.3) is 0 Å². The normalized spacial score (nSPS) is 9.06. The van der Waals surface area contributed by atoms with E-state index in [4.69, 9.17) is 15.3 Å². The number of hydrogen-bond donors (Lipinski definition) is 3. The zero-order valence-electron chi connectivity index (χ0n) is 10.4. The van der Waals surface area contributed by atoms with Gasteiger partial charge in [0.1, 0.15) is 11.5 Å². The van der Waals surface area contributed by atoms with Crippen LogP contribution in [0.1, 0.15) is 13.8 Å². The van der Waals surface area contributed by atoms with Crippen LogP contribution in [0, 0.1) is 0 Å². The summed E-state index contributed by atoms with van der Waals surface area (Å²) in [6.07, 6.45) is 0. The number of urea groups is 1. The highest BCUT2D eigenvalue weighted by molar-refractivity contribution is 5.90. The Morgan fingerprint density at radius 3 is 2.50 bits per heavy atom. The van der Waals surface area contributed by atoms with Crippen LogP contribution in [0.4, 0.5) is 10.5 Å². The number of amides is 2. The van der Waals surface area contributed by atoms with Crippen LogP contribution in [0.2, 0.25) is 0 Å². The van der Waals surface area contributed by atoms with Crippen molar-refractivity contribution < 1.29 is 14.3 Å². The minimum Gasteiger partial charge on any atom is -0.494 e. The molecule has 0 aromatic heterocycles. The molecule has 0 aliphatic heterocycles. The number of hydrazine groups is 1. The summed E-state index contributed by atoms with van der Waals surface area (Å²) in [5.41, 5.74) is 2.50. The van der Waals surface area contributed by atoms with E-state index in [0.717, 1.165) is 0 Å². The highest BCUT2D eigenvalue weighted by Crippen LogP contribution is 2.29. The van der Waals surface area contributed by atoms with Crippen LogP contribution in [0.15, 0.2) is 18.2 Å². The lowest BCUT2D eigenvalue weighted by molar-refractivity contribution is 0.252. The maximum Gasteiger partial charge on any atom is 0.333 e. The molecule has 1 aromatic carbocycles. The second-order valence-corrected chi connectivity index (χ2v) is 3.12. The maximum atomic E-state index is 11.2. The molecule has 1 aromatic rings. The molecule has 18 heavy (non-hydrogen) atoms. The second kappa shape index (κ2) is 8.43. The third kappa shape index (κ3) is 4.68. The number of anilines is 1. The molecule has 0 radical (unpaired) electrons. The molecule has 102 valence electrons. The Morgan fingerprint density at radius 2 is 1.94 bits per heavy atom. The number of halogens is 1. The van der Waals surface area contributed by atoms with Crippen molar-refractivity contribution in [3.05, 3.63) is 18.2 Å². The first-order valence-corrected chi connectivity index (χ1v) is 5.38. The van der Waals surface area contributed by atoms with Crippen LogP contribution in [0.3, 0.4) is 0 Å². The summed E-state index contributed by atoms with van der Waals surface area (Å²) in [4.78, 5) is 11.2. The Labute approximate surface area is 112 Å².